The molecule has 5 heavy (non-hydrogen) atoms. The summed E-state index contributed by atoms with van der Waals surface area (Å²) in [4.78, 5) is 0. The van der Waals surface area contributed by atoms with Gasteiger partial charge in [-0.25, -0.2) is 0 Å². The molecule has 0 saturated carbocycles. The van der Waals surface area contributed by atoms with Gasteiger partial charge in [-0.2, -0.15) is 0 Å². The number of alkyl halides is 1. The Balaban J connectivity index is 2.54. The molecule has 0 aromatic carbocycles. The van der Waals surface area contributed by atoms with Crippen LogP contribution in [0.2, 0.25) is 0 Å². The first-order valence-corrected chi connectivity index (χ1v) is 1.83. The van der Waals surface area contributed by atoms with E-state index in [1.165, 1.54) is 0 Å². The van der Waals surface area contributed by atoms with Crippen molar-refractivity contribution in [3.63, 3.8) is 0 Å². The second-order valence-electron chi connectivity index (χ2n) is 1.55. The Morgan fingerprint density at radius 3 is 1.80 bits per heavy atom. The standard InChI is InChI=1S/C4H9F/c1-4(2)3-5/h4H,3H2,1-2H3. The molecule has 0 saturated heterocycles. The van der Waals surface area contributed by atoms with E-state index in [1.54, 1.807) is 0 Å². The topological polar surface area (TPSA) is 0 Å². The van der Waals surface area contributed by atoms with Gasteiger partial charge in [0.15, 0.2) is 0 Å². The van der Waals surface area contributed by atoms with E-state index in [2.05, 4.69) is 0 Å². The molecular formula is C4H9F. The molecule has 0 bridgehead atoms. The third-order valence-electron chi connectivity index (χ3n) is 0.309. The lowest BCUT2D eigenvalue weighted by atomic mass is 10.3. The van der Waals surface area contributed by atoms with Crippen LogP contribution in [0.4, 0.5) is 4.39 Å². The van der Waals surface area contributed by atoms with Gasteiger partial charge < -0.3 is 0 Å². The van der Waals surface area contributed by atoms with Crippen molar-refractivity contribution >= 4 is 0 Å². The molecule has 0 aliphatic rings. The first-order valence-electron chi connectivity index (χ1n) is 1.83. The lowest BCUT2D eigenvalue weighted by Gasteiger charge is -1.87. The van der Waals surface area contributed by atoms with Crippen molar-refractivity contribution in [2.24, 2.45) is 5.92 Å². The molecular weight excluding hydrogens is 67.0 g/mol. The van der Waals surface area contributed by atoms with Gasteiger partial charge in [0.2, 0.25) is 0 Å². The van der Waals surface area contributed by atoms with E-state index < -0.39 is 0 Å². The summed E-state index contributed by atoms with van der Waals surface area (Å²) >= 11 is 0. The van der Waals surface area contributed by atoms with Crippen molar-refractivity contribution in [2.45, 2.75) is 13.8 Å². The number of rotatable bonds is 1. The van der Waals surface area contributed by atoms with Crippen LogP contribution in [0.1, 0.15) is 13.8 Å². The molecule has 0 heterocycles. The average molecular weight is 76.1 g/mol. The molecule has 0 aliphatic heterocycles. The second kappa shape index (κ2) is 2.18. The maximum Gasteiger partial charge on any atom is 0.0917 e. The summed E-state index contributed by atoms with van der Waals surface area (Å²) < 4.78 is 11.1. The summed E-state index contributed by atoms with van der Waals surface area (Å²) in [6, 6.07) is 0. The number of halogens is 1. The molecule has 0 nitrogen and oxygen atoms in total. The predicted molar refractivity (Wildman–Crippen MR) is 20.8 cm³/mol. The second-order valence-corrected chi connectivity index (χ2v) is 1.55. The third kappa shape index (κ3) is 3.93. The molecule has 0 aliphatic carbocycles. The van der Waals surface area contributed by atoms with Crippen molar-refractivity contribution in [2.75, 3.05) is 6.67 Å². The zero-order valence-electron chi connectivity index (χ0n) is 3.66. The summed E-state index contributed by atoms with van der Waals surface area (Å²) in [7, 11) is 0. The average Bonchev–Trinajstić information content (AvgIpc) is 1.38. The Hall–Kier alpha value is -0.0700. The van der Waals surface area contributed by atoms with Crippen molar-refractivity contribution in [3.8, 4) is 0 Å². The molecule has 0 radical (unpaired) electrons. The quantitative estimate of drug-likeness (QED) is 0.445. The minimum atomic E-state index is -0.194. The fourth-order valence-corrected chi connectivity index (χ4v) is 0. The van der Waals surface area contributed by atoms with Crippen LogP contribution < -0.4 is 0 Å². The predicted octanol–water partition coefficient (Wildman–Crippen LogP) is 1.61. The van der Waals surface area contributed by atoms with E-state index in [0.717, 1.165) is 0 Å². The van der Waals surface area contributed by atoms with Crippen molar-refractivity contribution < 1.29 is 4.39 Å². The Kier molecular flexibility index (Phi) is 2.15. The minimum Gasteiger partial charge on any atom is -0.251 e. The zero-order valence-corrected chi connectivity index (χ0v) is 3.66. The van der Waals surface area contributed by atoms with E-state index >= 15 is 0 Å². The van der Waals surface area contributed by atoms with Crippen LogP contribution in [0, 0.1) is 5.92 Å². The van der Waals surface area contributed by atoms with E-state index in [4.69, 9.17) is 0 Å². The number of hydrogen-bond donors (Lipinski definition) is 0. The van der Waals surface area contributed by atoms with Gasteiger partial charge in [-0.05, 0) is 5.92 Å². The molecule has 0 N–H and O–H groups in total. The van der Waals surface area contributed by atoms with Gasteiger partial charge in [0.05, 0.1) is 6.67 Å². The Morgan fingerprint density at radius 1 is 1.60 bits per heavy atom. The molecule has 0 spiro atoms. The van der Waals surface area contributed by atoms with Gasteiger partial charge >= 0.3 is 0 Å². The Morgan fingerprint density at radius 2 is 1.80 bits per heavy atom. The molecule has 0 amide bonds. The van der Waals surface area contributed by atoms with E-state index in [9.17, 15) is 4.39 Å². The van der Waals surface area contributed by atoms with Crippen molar-refractivity contribution in [3.05, 3.63) is 0 Å². The van der Waals surface area contributed by atoms with Crippen LogP contribution in [-0.2, 0) is 0 Å². The van der Waals surface area contributed by atoms with E-state index in [-0.39, 0.29) is 12.6 Å². The van der Waals surface area contributed by atoms with Gasteiger partial charge in [-0.3, -0.25) is 4.39 Å². The Labute approximate surface area is 32.0 Å². The first kappa shape index (κ1) is 4.93. The van der Waals surface area contributed by atoms with Gasteiger partial charge in [-0.15, -0.1) is 0 Å². The molecule has 0 rings (SSSR count). The van der Waals surface area contributed by atoms with Crippen LogP contribution in [0.5, 0.6) is 0 Å². The van der Waals surface area contributed by atoms with Gasteiger partial charge in [-0.1, -0.05) is 13.8 Å². The summed E-state index contributed by atoms with van der Waals surface area (Å²) in [5.74, 6) is 0.218. The summed E-state index contributed by atoms with van der Waals surface area (Å²) in [6.07, 6.45) is 0. The van der Waals surface area contributed by atoms with Crippen LogP contribution >= 0.6 is 0 Å². The maximum atomic E-state index is 11.1. The lowest BCUT2D eigenvalue weighted by molar-refractivity contribution is 0.404. The van der Waals surface area contributed by atoms with Crippen LogP contribution in [0.3, 0.4) is 0 Å². The normalized spacial score (nSPS) is 9.60. The van der Waals surface area contributed by atoms with Crippen molar-refractivity contribution in [1.29, 1.82) is 0 Å². The van der Waals surface area contributed by atoms with Gasteiger partial charge in [0, 0.05) is 0 Å². The van der Waals surface area contributed by atoms with Crippen LogP contribution in [-0.4, -0.2) is 6.67 Å². The van der Waals surface area contributed by atoms with Crippen molar-refractivity contribution in [1.82, 2.24) is 0 Å². The maximum absolute atomic E-state index is 11.1. The molecule has 1 heteroatoms. The third-order valence-corrected chi connectivity index (χ3v) is 0.309. The molecule has 0 atom stereocenters. The fraction of sp³-hybridized carbons (Fsp3) is 1.00. The smallest absolute Gasteiger partial charge is 0.0917 e. The highest BCUT2D eigenvalue weighted by Crippen LogP contribution is 1.88. The van der Waals surface area contributed by atoms with E-state index in [1.807, 2.05) is 13.8 Å². The highest BCUT2D eigenvalue weighted by atomic mass is 19.1. The highest BCUT2D eigenvalue weighted by molar-refractivity contribution is 4.33. The summed E-state index contributed by atoms with van der Waals surface area (Å²) in [5, 5.41) is 0. The SMILES string of the molecule is CC(C)CF. The molecule has 0 unspecified atom stereocenters. The highest BCUT2D eigenvalue weighted by Gasteiger charge is 1.83. The van der Waals surface area contributed by atoms with Gasteiger partial charge in [0.25, 0.3) is 0 Å². The summed E-state index contributed by atoms with van der Waals surface area (Å²) in [6.45, 7) is 3.50. The fourth-order valence-electron chi connectivity index (χ4n) is 0. The van der Waals surface area contributed by atoms with Gasteiger partial charge in [0.1, 0.15) is 0 Å². The lowest BCUT2D eigenvalue weighted by Crippen LogP contribution is -1.84. The molecule has 0 fully saturated rings. The van der Waals surface area contributed by atoms with Crippen LogP contribution in [0.15, 0.2) is 0 Å². The molecule has 0 aromatic heterocycles. The zero-order chi connectivity index (χ0) is 4.28. The largest absolute Gasteiger partial charge is 0.251 e. The van der Waals surface area contributed by atoms with E-state index in [0.29, 0.717) is 0 Å². The number of hydrogen-bond acceptors (Lipinski definition) is 0. The first-order chi connectivity index (χ1) is 2.27. The molecule has 32 valence electrons. The van der Waals surface area contributed by atoms with Crippen LogP contribution in [0.25, 0.3) is 0 Å². The molecule has 0 aromatic rings. The summed E-state index contributed by atoms with van der Waals surface area (Å²) in [5.41, 5.74) is 0. The monoisotopic (exact) mass is 76.1 g/mol. The minimum absolute atomic E-state index is 0.194. The Bertz CT molecular complexity index is 17.6.